The van der Waals surface area contributed by atoms with Gasteiger partial charge in [0.1, 0.15) is 6.10 Å². The number of hydrogen-bond acceptors (Lipinski definition) is 7. The Morgan fingerprint density at radius 2 is 2.22 bits per heavy atom. The molecule has 3 aliphatic heterocycles. The number of thiazole rings is 1. The van der Waals surface area contributed by atoms with Crippen molar-refractivity contribution in [2.75, 3.05) is 32.0 Å². The van der Waals surface area contributed by atoms with Gasteiger partial charge in [-0.3, -0.25) is 10.2 Å². The van der Waals surface area contributed by atoms with E-state index in [1.54, 1.807) is 13.2 Å². The molecule has 1 N–H and O–H groups in total. The molecule has 2 bridgehead atoms. The minimum absolute atomic E-state index is 0.219. The van der Waals surface area contributed by atoms with E-state index >= 15 is 0 Å². The summed E-state index contributed by atoms with van der Waals surface area (Å²) in [7, 11) is 1.73. The minimum atomic E-state index is 0.219. The molecule has 0 spiro atoms. The summed E-state index contributed by atoms with van der Waals surface area (Å²) in [6, 6.07) is 0.527. The molecular formula is C15H20N6OS. The number of aromatic nitrogens is 3. The van der Waals surface area contributed by atoms with Crippen LogP contribution in [0.4, 0.5) is 5.13 Å². The quantitative estimate of drug-likeness (QED) is 0.669. The van der Waals surface area contributed by atoms with Gasteiger partial charge in [-0.2, -0.15) is 4.98 Å². The maximum atomic E-state index is 6.12. The first-order chi connectivity index (χ1) is 11.2. The van der Waals surface area contributed by atoms with E-state index in [-0.39, 0.29) is 6.10 Å². The summed E-state index contributed by atoms with van der Waals surface area (Å²) in [5.74, 6) is 0.639. The molecule has 122 valence electrons. The first-order valence-corrected chi connectivity index (χ1v) is 8.76. The molecule has 0 radical (unpaired) electrons. The molecule has 1 unspecified atom stereocenters. The molecular weight excluding hydrogens is 312 g/mol. The van der Waals surface area contributed by atoms with Gasteiger partial charge in [0.15, 0.2) is 15.6 Å². The average Bonchev–Trinajstić information content (AvgIpc) is 2.96. The molecule has 5 rings (SSSR count). The van der Waals surface area contributed by atoms with Crippen molar-refractivity contribution in [3.63, 3.8) is 0 Å². The number of aryl methyl sites for hydroxylation is 1. The van der Waals surface area contributed by atoms with Crippen LogP contribution in [0.2, 0.25) is 0 Å². The monoisotopic (exact) mass is 332 g/mol. The number of nitrogens with one attached hydrogen (secondary N) is 1. The van der Waals surface area contributed by atoms with Crippen LogP contribution >= 0.6 is 11.3 Å². The molecule has 2 aromatic rings. The van der Waals surface area contributed by atoms with Crippen molar-refractivity contribution in [2.45, 2.75) is 25.9 Å². The highest BCUT2D eigenvalue weighted by atomic mass is 32.1. The van der Waals surface area contributed by atoms with Gasteiger partial charge < -0.3 is 4.74 Å². The highest BCUT2D eigenvalue weighted by Gasteiger charge is 2.36. The lowest BCUT2D eigenvalue weighted by atomic mass is 9.86. The van der Waals surface area contributed by atoms with Crippen molar-refractivity contribution in [2.24, 2.45) is 10.9 Å². The van der Waals surface area contributed by atoms with E-state index in [4.69, 9.17) is 4.74 Å². The van der Waals surface area contributed by atoms with Crippen molar-refractivity contribution in [1.82, 2.24) is 19.9 Å². The average molecular weight is 332 g/mol. The van der Waals surface area contributed by atoms with Crippen LogP contribution in [0, 0.1) is 12.8 Å². The zero-order chi connectivity index (χ0) is 15.8. The summed E-state index contributed by atoms with van der Waals surface area (Å²) < 4.78 is 6.12. The largest absolute Gasteiger partial charge is 0.460 e. The van der Waals surface area contributed by atoms with Crippen LogP contribution in [0.1, 0.15) is 18.5 Å². The third-order valence-corrected chi connectivity index (χ3v) is 5.37. The SMILES string of the molecule is CN=C(Nc1nc2ncc(C)nc2s1)OC1CN2CCC1CC2. The van der Waals surface area contributed by atoms with Crippen LogP contribution < -0.4 is 5.32 Å². The summed E-state index contributed by atoms with van der Waals surface area (Å²) >= 11 is 1.47. The zero-order valence-corrected chi connectivity index (χ0v) is 14.1. The van der Waals surface area contributed by atoms with Gasteiger partial charge in [0.05, 0.1) is 11.9 Å². The highest BCUT2D eigenvalue weighted by Crippen LogP contribution is 2.30. The zero-order valence-electron chi connectivity index (χ0n) is 13.3. The van der Waals surface area contributed by atoms with Gasteiger partial charge >= 0.3 is 0 Å². The maximum Gasteiger partial charge on any atom is 0.291 e. The predicted octanol–water partition coefficient (Wildman–Crippen LogP) is 1.90. The molecule has 3 saturated heterocycles. The molecule has 0 saturated carbocycles. The summed E-state index contributed by atoms with van der Waals surface area (Å²) in [5, 5.41) is 3.90. The lowest BCUT2D eigenvalue weighted by Crippen LogP contribution is -2.52. The molecule has 23 heavy (non-hydrogen) atoms. The number of aliphatic imine (C=N–C) groups is 1. The molecule has 0 aromatic carbocycles. The van der Waals surface area contributed by atoms with Crippen LogP contribution in [-0.4, -0.2) is 58.7 Å². The molecule has 1 atom stereocenters. The Morgan fingerprint density at radius 3 is 2.91 bits per heavy atom. The molecule has 2 aromatic heterocycles. The summed E-state index contributed by atoms with van der Waals surface area (Å²) in [6.07, 6.45) is 4.38. The number of piperidine rings is 3. The molecule has 8 heteroatoms. The lowest BCUT2D eigenvalue weighted by molar-refractivity contribution is -0.0146. The number of anilines is 1. The standard InChI is InChI=1S/C15H20N6OS/c1-9-7-17-12-13(18-9)23-15(19-12)20-14(16-2)22-11-8-21-5-3-10(11)4-6-21/h7,10-11H,3-6,8H2,1-2H3,(H,16,17,19,20). The molecule has 0 aliphatic carbocycles. The van der Waals surface area contributed by atoms with Crippen LogP contribution in [-0.2, 0) is 4.74 Å². The smallest absolute Gasteiger partial charge is 0.291 e. The number of amidine groups is 1. The summed E-state index contributed by atoms with van der Waals surface area (Å²) in [6.45, 7) is 5.32. The first-order valence-electron chi connectivity index (χ1n) is 7.94. The van der Waals surface area contributed by atoms with Crippen molar-refractivity contribution in [1.29, 1.82) is 0 Å². The Hall–Kier alpha value is -1.80. The Bertz CT molecular complexity index is 737. The van der Waals surface area contributed by atoms with E-state index in [0.717, 1.165) is 17.1 Å². The van der Waals surface area contributed by atoms with E-state index in [2.05, 4.69) is 30.2 Å². The first kappa shape index (κ1) is 14.8. The topological polar surface area (TPSA) is 75.5 Å². The van der Waals surface area contributed by atoms with E-state index < -0.39 is 0 Å². The fourth-order valence-corrected chi connectivity index (χ4v) is 4.11. The highest BCUT2D eigenvalue weighted by molar-refractivity contribution is 7.21. The summed E-state index contributed by atoms with van der Waals surface area (Å²) in [5.41, 5.74) is 1.54. The van der Waals surface area contributed by atoms with Gasteiger partial charge in [0.2, 0.25) is 0 Å². The molecule has 0 amide bonds. The van der Waals surface area contributed by atoms with Gasteiger partial charge in [-0.05, 0) is 38.8 Å². The second-order valence-electron chi connectivity index (χ2n) is 6.11. The Morgan fingerprint density at radius 1 is 1.39 bits per heavy atom. The lowest BCUT2D eigenvalue weighted by Gasteiger charge is -2.44. The van der Waals surface area contributed by atoms with Gasteiger partial charge in [0.25, 0.3) is 6.02 Å². The van der Waals surface area contributed by atoms with Crippen LogP contribution in [0.15, 0.2) is 11.2 Å². The van der Waals surface area contributed by atoms with Gasteiger partial charge in [-0.25, -0.2) is 15.0 Å². The number of ether oxygens (including phenoxy) is 1. The molecule has 3 fully saturated rings. The Labute approximate surface area is 138 Å². The minimum Gasteiger partial charge on any atom is -0.460 e. The molecule has 7 nitrogen and oxygen atoms in total. The van der Waals surface area contributed by atoms with Crippen molar-refractivity contribution >= 4 is 33.0 Å². The Kier molecular flexibility index (Phi) is 3.86. The van der Waals surface area contributed by atoms with Crippen LogP contribution in [0.5, 0.6) is 0 Å². The molecule has 3 aliphatic rings. The van der Waals surface area contributed by atoms with Crippen molar-refractivity contribution in [3.05, 3.63) is 11.9 Å². The van der Waals surface area contributed by atoms with Gasteiger partial charge in [-0.15, -0.1) is 0 Å². The van der Waals surface area contributed by atoms with E-state index in [1.807, 2.05) is 6.92 Å². The third kappa shape index (κ3) is 3.00. The van der Waals surface area contributed by atoms with Gasteiger partial charge in [0, 0.05) is 13.6 Å². The fourth-order valence-electron chi connectivity index (χ4n) is 3.28. The predicted molar refractivity (Wildman–Crippen MR) is 91.0 cm³/mol. The van der Waals surface area contributed by atoms with E-state index in [9.17, 15) is 0 Å². The third-order valence-electron chi connectivity index (χ3n) is 4.52. The molecule has 5 heterocycles. The van der Waals surface area contributed by atoms with Crippen LogP contribution in [0.25, 0.3) is 10.5 Å². The number of nitrogens with zero attached hydrogens (tertiary/aromatic N) is 5. The normalized spacial score (nSPS) is 27.4. The number of rotatable bonds is 2. The number of hydrogen-bond donors (Lipinski definition) is 1. The second-order valence-corrected chi connectivity index (χ2v) is 7.08. The number of fused-ring (bicyclic) bond motifs is 4. The van der Waals surface area contributed by atoms with Gasteiger partial charge in [-0.1, -0.05) is 11.3 Å². The van der Waals surface area contributed by atoms with E-state index in [0.29, 0.717) is 22.7 Å². The summed E-state index contributed by atoms with van der Waals surface area (Å²) in [4.78, 5) is 20.7. The maximum absolute atomic E-state index is 6.12. The van der Waals surface area contributed by atoms with Crippen molar-refractivity contribution in [3.8, 4) is 0 Å². The second kappa shape index (κ2) is 6.01. The Balaban J connectivity index is 1.47. The van der Waals surface area contributed by atoms with Crippen molar-refractivity contribution < 1.29 is 4.74 Å². The fraction of sp³-hybridized carbons (Fsp3) is 0.600. The van der Waals surface area contributed by atoms with E-state index in [1.165, 1.54) is 37.3 Å². The van der Waals surface area contributed by atoms with Crippen LogP contribution in [0.3, 0.4) is 0 Å².